The standard InChI is InChI=1S/C31H25ClN2O3/c32-25-16-18-26(19-17-25)33(29(35)24-14-12-23(13-15-24)22-8-2-1-3-9-22)20-6-7-21-34-30(36)27-10-4-5-11-28(27)31(34)37/h1-5,8-19H,6-7,20-21H2. The van der Waals surface area contributed by atoms with E-state index < -0.39 is 0 Å². The molecule has 4 aromatic rings. The molecule has 1 aliphatic rings. The van der Waals surface area contributed by atoms with Crippen LogP contribution in [0.1, 0.15) is 43.9 Å². The molecule has 0 bridgehead atoms. The number of benzene rings is 4. The van der Waals surface area contributed by atoms with Crippen LogP contribution in [0.4, 0.5) is 5.69 Å². The van der Waals surface area contributed by atoms with Gasteiger partial charge in [0.1, 0.15) is 0 Å². The van der Waals surface area contributed by atoms with E-state index in [1.54, 1.807) is 41.3 Å². The van der Waals surface area contributed by atoms with Crippen molar-refractivity contribution < 1.29 is 14.4 Å². The summed E-state index contributed by atoms with van der Waals surface area (Å²) < 4.78 is 0. The molecule has 0 saturated carbocycles. The Labute approximate surface area is 220 Å². The molecule has 0 aromatic heterocycles. The zero-order valence-electron chi connectivity index (χ0n) is 20.1. The molecule has 0 saturated heterocycles. The van der Waals surface area contributed by atoms with Crippen LogP contribution in [0.3, 0.4) is 0 Å². The number of carbonyl (C=O) groups is 3. The monoisotopic (exact) mass is 508 g/mol. The summed E-state index contributed by atoms with van der Waals surface area (Å²) in [6, 6.07) is 31.6. The van der Waals surface area contributed by atoms with Gasteiger partial charge in [-0.2, -0.15) is 0 Å². The van der Waals surface area contributed by atoms with Crippen molar-refractivity contribution in [2.75, 3.05) is 18.0 Å². The summed E-state index contributed by atoms with van der Waals surface area (Å²) in [4.78, 5) is 41.8. The van der Waals surface area contributed by atoms with E-state index in [0.29, 0.717) is 47.6 Å². The lowest BCUT2D eigenvalue weighted by Crippen LogP contribution is -2.34. The van der Waals surface area contributed by atoms with E-state index in [9.17, 15) is 14.4 Å². The molecule has 37 heavy (non-hydrogen) atoms. The predicted molar refractivity (Wildman–Crippen MR) is 146 cm³/mol. The largest absolute Gasteiger partial charge is 0.308 e. The van der Waals surface area contributed by atoms with Gasteiger partial charge in [0, 0.05) is 29.4 Å². The molecule has 3 amide bonds. The molecular weight excluding hydrogens is 484 g/mol. The molecule has 5 nitrogen and oxygen atoms in total. The summed E-state index contributed by atoms with van der Waals surface area (Å²) in [5.74, 6) is -0.642. The van der Waals surface area contributed by atoms with Crippen LogP contribution < -0.4 is 4.90 Å². The molecule has 0 spiro atoms. The minimum Gasteiger partial charge on any atom is -0.308 e. The fourth-order valence-corrected chi connectivity index (χ4v) is 4.67. The number of anilines is 1. The Bertz CT molecular complexity index is 1400. The van der Waals surface area contributed by atoms with Gasteiger partial charge in [0.25, 0.3) is 17.7 Å². The highest BCUT2D eigenvalue weighted by Gasteiger charge is 2.34. The summed E-state index contributed by atoms with van der Waals surface area (Å²) >= 11 is 6.08. The molecule has 0 fully saturated rings. The third-order valence-corrected chi connectivity index (χ3v) is 6.77. The normalized spacial score (nSPS) is 12.5. The van der Waals surface area contributed by atoms with Gasteiger partial charge in [0.05, 0.1) is 11.1 Å². The first-order valence-electron chi connectivity index (χ1n) is 12.2. The summed E-state index contributed by atoms with van der Waals surface area (Å²) in [5.41, 5.74) is 4.34. The number of hydrogen-bond acceptors (Lipinski definition) is 3. The van der Waals surface area contributed by atoms with Crippen molar-refractivity contribution in [3.63, 3.8) is 0 Å². The van der Waals surface area contributed by atoms with Gasteiger partial charge in [-0.1, -0.05) is 66.2 Å². The summed E-state index contributed by atoms with van der Waals surface area (Å²) in [6.07, 6.45) is 1.19. The highest BCUT2D eigenvalue weighted by atomic mass is 35.5. The van der Waals surface area contributed by atoms with Crippen LogP contribution in [-0.2, 0) is 0 Å². The predicted octanol–water partition coefficient (Wildman–Crippen LogP) is 6.73. The molecule has 0 N–H and O–H groups in total. The molecule has 0 atom stereocenters. The second-order valence-corrected chi connectivity index (χ2v) is 9.33. The van der Waals surface area contributed by atoms with Crippen molar-refractivity contribution in [2.45, 2.75) is 12.8 Å². The molecule has 5 rings (SSSR count). The number of rotatable bonds is 8. The summed E-state index contributed by atoms with van der Waals surface area (Å²) in [7, 11) is 0. The van der Waals surface area contributed by atoms with Gasteiger partial charge in [-0.3, -0.25) is 19.3 Å². The fraction of sp³-hybridized carbons (Fsp3) is 0.129. The second-order valence-electron chi connectivity index (χ2n) is 8.89. The zero-order chi connectivity index (χ0) is 25.8. The van der Waals surface area contributed by atoms with Crippen molar-refractivity contribution in [1.82, 2.24) is 4.90 Å². The van der Waals surface area contributed by atoms with Crippen molar-refractivity contribution in [1.29, 1.82) is 0 Å². The molecular formula is C31H25ClN2O3. The zero-order valence-corrected chi connectivity index (χ0v) is 20.9. The van der Waals surface area contributed by atoms with Gasteiger partial charge in [0.2, 0.25) is 0 Å². The molecule has 0 aliphatic carbocycles. The van der Waals surface area contributed by atoms with Gasteiger partial charge < -0.3 is 4.90 Å². The number of unbranched alkanes of at least 4 members (excludes halogenated alkanes) is 1. The van der Waals surface area contributed by atoms with E-state index in [-0.39, 0.29) is 17.7 Å². The Balaban J connectivity index is 1.28. The van der Waals surface area contributed by atoms with Crippen LogP contribution in [0.15, 0.2) is 103 Å². The third-order valence-electron chi connectivity index (χ3n) is 6.51. The van der Waals surface area contributed by atoms with Gasteiger partial charge in [-0.15, -0.1) is 0 Å². The van der Waals surface area contributed by atoms with Gasteiger partial charge >= 0.3 is 0 Å². The lowest BCUT2D eigenvalue weighted by Gasteiger charge is -2.24. The smallest absolute Gasteiger partial charge is 0.261 e. The number of hydrogen-bond donors (Lipinski definition) is 0. The number of carbonyl (C=O) groups excluding carboxylic acids is 3. The number of nitrogens with zero attached hydrogens (tertiary/aromatic N) is 2. The van der Waals surface area contributed by atoms with Crippen molar-refractivity contribution in [3.8, 4) is 11.1 Å². The molecule has 4 aromatic carbocycles. The van der Waals surface area contributed by atoms with Crippen molar-refractivity contribution >= 4 is 35.0 Å². The minimum atomic E-state index is -0.260. The van der Waals surface area contributed by atoms with E-state index in [4.69, 9.17) is 11.6 Å². The summed E-state index contributed by atoms with van der Waals surface area (Å²) in [5, 5.41) is 0.592. The molecule has 0 unspecified atom stereocenters. The number of amides is 3. The van der Waals surface area contributed by atoms with Crippen LogP contribution in [0.5, 0.6) is 0 Å². The van der Waals surface area contributed by atoms with E-state index in [0.717, 1.165) is 16.8 Å². The van der Waals surface area contributed by atoms with E-state index in [1.165, 1.54) is 4.90 Å². The van der Waals surface area contributed by atoms with Crippen LogP contribution in [0, 0.1) is 0 Å². The van der Waals surface area contributed by atoms with E-state index in [1.807, 2.05) is 66.7 Å². The van der Waals surface area contributed by atoms with Crippen molar-refractivity contribution in [2.24, 2.45) is 0 Å². The maximum atomic E-state index is 13.6. The lowest BCUT2D eigenvalue weighted by atomic mass is 10.0. The molecule has 1 heterocycles. The summed E-state index contributed by atoms with van der Waals surface area (Å²) in [6.45, 7) is 0.741. The van der Waals surface area contributed by atoms with Crippen LogP contribution in [0.2, 0.25) is 5.02 Å². The first-order valence-corrected chi connectivity index (χ1v) is 12.6. The maximum absolute atomic E-state index is 13.6. The average Bonchev–Trinajstić information content (AvgIpc) is 3.19. The first kappa shape index (κ1) is 24.5. The SMILES string of the molecule is O=C1c2ccccc2C(=O)N1CCCCN(C(=O)c1ccc(-c2ccccc2)cc1)c1ccc(Cl)cc1. The van der Waals surface area contributed by atoms with Gasteiger partial charge in [0.15, 0.2) is 0 Å². The van der Waals surface area contributed by atoms with Crippen LogP contribution >= 0.6 is 11.6 Å². The Kier molecular flexibility index (Phi) is 7.15. The Morgan fingerprint density at radius 1 is 0.676 bits per heavy atom. The topological polar surface area (TPSA) is 57.7 Å². The van der Waals surface area contributed by atoms with E-state index in [2.05, 4.69) is 0 Å². The highest BCUT2D eigenvalue weighted by Crippen LogP contribution is 2.25. The molecule has 6 heteroatoms. The Hall–Kier alpha value is -4.22. The van der Waals surface area contributed by atoms with Crippen LogP contribution in [0.25, 0.3) is 11.1 Å². The quantitative estimate of drug-likeness (QED) is 0.196. The first-order chi connectivity index (χ1) is 18.0. The fourth-order valence-electron chi connectivity index (χ4n) is 4.54. The molecule has 184 valence electrons. The average molecular weight is 509 g/mol. The lowest BCUT2D eigenvalue weighted by molar-refractivity contribution is 0.0651. The number of imide groups is 1. The molecule has 0 radical (unpaired) electrons. The van der Waals surface area contributed by atoms with Gasteiger partial charge in [-0.05, 0) is 72.5 Å². The Morgan fingerprint density at radius 3 is 1.86 bits per heavy atom. The Morgan fingerprint density at radius 2 is 1.24 bits per heavy atom. The van der Waals surface area contributed by atoms with Crippen molar-refractivity contribution in [3.05, 3.63) is 125 Å². The maximum Gasteiger partial charge on any atom is 0.261 e. The third kappa shape index (κ3) is 5.18. The molecule has 1 aliphatic heterocycles. The van der Waals surface area contributed by atoms with Crippen LogP contribution in [-0.4, -0.2) is 35.7 Å². The number of halogens is 1. The van der Waals surface area contributed by atoms with Gasteiger partial charge in [-0.25, -0.2) is 0 Å². The second kappa shape index (κ2) is 10.8. The van der Waals surface area contributed by atoms with E-state index >= 15 is 0 Å². The number of fused-ring (bicyclic) bond motifs is 1. The highest BCUT2D eigenvalue weighted by molar-refractivity contribution is 6.30. The minimum absolute atomic E-state index is 0.123.